The van der Waals surface area contributed by atoms with Crippen LogP contribution in [-0.2, 0) is 13.5 Å². The molecule has 1 aromatic carbocycles. The molecule has 3 aromatic heterocycles. The van der Waals surface area contributed by atoms with Gasteiger partial charge in [0, 0.05) is 67.0 Å². The van der Waals surface area contributed by atoms with E-state index in [-0.39, 0.29) is 12.2 Å². The fraction of sp³-hybridized carbons (Fsp3) is 0.280. The Morgan fingerprint density at radius 2 is 1.88 bits per heavy atom. The van der Waals surface area contributed by atoms with Gasteiger partial charge in [-0.3, -0.25) is 14.5 Å². The molecule has 1 fully saturated rings. The summed E-state index contributed by atoms with van der Waals surface area (Å²) < 4.78 is 1.79. The average molecular weight is 427 g/mol. The molecule has 0 aliphatic carbocycles. The number of aryl methyl sites for hydroxylation is 1. The van der Waals surface area contributed by atoms with Crippen molar-refractivity contribution in [3.8, 4) is 11.1 Å². The molecule has 4 heterocycles. The highest BCUT2D eigenvalue weighted by atomic mass is 16.1. The number of anilines is 1. The Morgan fingerprint density at radius 1 is 1.03 bits per heavy atom. The van der Waals surface area contributed by atoms with E-state index in [2.05, 4.69) is 57.2 Å². The molecule has 0 radical (unpaired) electrons. The molecule has 5 rings (SSSR count). The second-order valence-electron chi connectivity index (χ2n) is 8.67. The number of hydrogen-bond acceptors (Lipinski definition) is 6. The molecule has 1 aliphatic rings. The number of nitrogens with zero attached hydrogens (tertiary/aromatic N) is 6. The van der Waals surface area contributed by atoms with Crippen molar-refractivity contribution in [3.05, 3.63) is 72.4 Å². The van der Waals surface area contributed by atoms with Crippen LogP contribution < -0.4 is 4.90 Å². The summed E-state index contributed by atoms with van der Waals surface area (Å²) in [5.74, 6) is 0.912. The third kappa shape index (κ3) is 3.99. The van der Waals surface area contributed by atoms with E-state index in [0.717, 1.165) is 46.5 Å². The van der Waals surface area contributed by atoms with Gasteiger partial charge in [0.05, 0.1) is 12.6 Å². The summed E-state index contributed by atoms with van der Waals surface area (Å²) in [4.78, 5) is 26.4. The molecular weight excluding hydrogens is 400 g/mol. The van der Waals surface area contributed by atoms with Crippen LogP contribution in [0, 0.1) is 0 Å². The molecule has 0 unspecified atom stereocenters. The lowest BCUT2D eigenvalue weighted by Crippen LogP contribution is -2.57. The minimum absolute atomic E-state index is 0.0496. The monoisotopic (exact) mass is 426 g/mol. The zero-order chi connectivity index (χ0) is 22.2. The van der Waals surface area contributed by atoms with Gasteiger partial charge in [-0.15, -0.1) is 0 Å². The third-order valence-electron chi connectivity index (χ3n) is 6.14. The van der Waals surface area contributed by atoms with Crippen molar-refractivity contribution in [1.29, 1.82) is 0 Å². The van der Waals surface area contributed by atoms with Crippen LogP contribution in [0.3, 0.4) is 0 Å². The summed E-state index contributed by atoms with van der Waals surface area (Å²) in [5.41, 5.74) is 3.60. The summed E-state index contributed by atoms with van der Waals surface area (Å²) in [6, 6.07) is 12.5. The topological polar surface area (TPSA) is 67.2 Å². The SMILES string of the molecule is CN(C)C1CN(c2cc(C(=O)Cc3cc4cc(-c5cnn(C)c5)ccc4cn3)ccn2)C1. The number of fused-ring (bicyclic) bond motifs is 1. The third-order valence-corrected chi connectivity index (χ3v) is 6.14. The molecule has 0 saturated carbocycles. The van der Waals surface area contributed by atoms with E-state index < -0.39 is 0 Å². The molecule has 7 heteroatoms. The van der Waals surface area contributed by atoms with Crippen LogP contribution in [0.15, 0.2) is 61.2 Å². The number of carbonyl (C=O) groups excluding carboxylic acids is 1. The lowest BCUT2D eigenvalue weighted by atomic mass is 10.0. The first-order valence-electron chi connectivity index (χ1n) is 10.7. The summed E-state index contributed by atoms with van der Waals surface area (Å²) in [5, 5.41) is 6.37. The van der Waals surface area contributed by atoms with Gasteiger partial charge in [0.1, 0.15) is 5.82 Å². The maximum absolute atomic E-state index is 13.0. The quantitative estimate of drug-likeness (QED) is 0.441. The van der Waals surface area contributed by atoms with E-state index in [1.807, 2.05) is 37.8 Å². The molecule has 0 bridgehead atoms. The van der Waals surface area contributed by atoms with Crippen LogP contribution in [0.1, 0.15) is 16.1 Å². The van der Waals surface area contributed by atoms with Crippen molar-refractivity contribution in [3.63, 3.8) is 0 Å². The number of rotatable bonds is 6. The van der Waals surface area contributed by atoms with Crippen LogP contribution in [0.4, 0.5) is 5.82 Å². The van der Waals surface area contributed by atoms with Gasteiger partial charge in [-0.25, -0.2) is 4.98 Å². The van der Waals surface area contributed by atoms with E-state index in [0.29, 0.717) is 11.6 Å². The van der Waals surface area contributed by atoms with Crippen LogP contribution in [0.2, 0.25) is 0 Å². The predicted octanol–water partition coefficient (Wildman–Crippen LogP) is 3.21. The first kappa shape index (κ1) is 20.3. The molecule has 1 saturated heterocycles. The Kier molecular flexibility index (Phi) is 5.19. The maximum atomic E-state index is 13.0. The summed E-state index contributed by atoms with van der Waals surface area (Å²) in [7, 11) is 6.09. The van der Waals surface area contributed by atoms with Crippen LogP contribution in [0.5, 0.6) is 0 Å². The van der Waals surface area contributed by atoms with Gasteiger partial charge >= 0.3 is 0 Å². The van der Waals surface area contributed by atoms with E-state index in [1.54, 1.807) is 16.9 Å². The maximum Gasteiger partial charge on any atom is 0.169 e. The molecule has 1 aliphatic heterocycles. The number of ketones is 1. The highest BCUT2D eigenvalue weighted by molar-refractivity contribution is 5.98. The predicted molar refractivity (Wildman–Crippen MR) is 126 cm³/mol. The van der Waals surface area contributed by atoms with Crippen LogP contribution >= 0.6 is 0 Å². The molecule has 7 nitrogen and oxygen atoms in total. The number of aromatic nitrogens is 4. The first-order chi connectivity index (χ1) is 15.5. The van der Waals surface area contributed by atoms with E-state index in [9.17, 15) is 4.79 Å². The van der Waals surface area contributed by atoms with Gasteiger partial charge in [0.15, 0.2) is 5.78 Å². The average Bonchev–Trinajstić information content (AvgIpc) is 3.18. The van der Waals surface area contributed by atoms with Crippen molar-refractivity contribution in [1.82, 2.24) is 24.6 Å². The Balaban J connectivity index is 1.34. The largest absolute Gasteiger partial charge is 0.353 e. The molecule has 0 spiro atoms. The fourth-order valence-electron chi connectivity index (χ4n) is 4.03. The van der Waals surface area contributed by atoms with Gasteiger partial charge in [0.25, 0.3) is 0 Å². The molecule has 4 aromatic rings. The second-order valence-corrected chi connectivity index (χ2v) is 8.67. The lowest BCUT2D eigenvalue weighted by molar-refractivity contribution is 0.0992. The smallest absolute Gasteiger partial charge is 0.169 e. The van der Waals surface area contributed by atoms with E-state index >= 15 is 0 Å². The van der Waals surface area contributed by atoms with Gasteiger partial charge in [0.2, 0.25) is 0 Å². The van der Waals surface area contributed by atoms with Gasteiger partial charge < -0.3 is 9.80 Å². The highest BCUT2D eigenvalue weighted by Crippen LogP contribution is 2.25. The summed E-state index contributed by atoms with van der Waals surface area (Å²) >= 11 is 0. The number of Topliss-reactive ketones (excluding diaryl/α,β-unsaturated/α-hetero) is 1. The summed E-state index contributed by atoms with van der Waals surface area (Å²) in [6.45, 7) is 1.87. The van der Waals surface area contributed by atoms with Gasteiger partial charge in [-0.1, -0.05) is 12.1 Å². The number of likely N-dealkylation sites (N-methyl/N-ethyl adjacent to an activating group) is 1. The molecule has 0 N–H and O–H groups in total. The standard InChI is InChI=1S/C25H26N6O/c1-29(2)23-15-31(16-23)25-10-18(6-7-26-25)24(32)11-22-9-20-8-17(4-5-19(20)12-27-22)21-13-28-30(3)14-21/h4-10,12-14,23H,11,15-16H2,1-3H3. The van der Waals surface area contributed by atoms with Crippen molar-refractivity contribution < 1.29 is 4.79 Å². The molecular formula is C25H26N6O. The lowest BCUT2D eigenvalue weighted by Gasteiger charge is -2.43. The van der Waals surface area contributed by atoms with E-state index in [4.69, 9.17) is 0 Å². The molecule has 32 heavy (non-hydrogen) atoms. The van der Waals surface area contributed by atoms with Crippen molar-refractivity contribution in [2.45, 2.75) is 12.5 Å². The Morgan fingerprint density at radius 3 is 2.62 bits per heavy atom. The molecule has 0 atom stereocenters. The van der Waals surface area contributed by atoms with Gasteiger partial charge in [-0.05, 0) is 49.3 Å². The second kappa shape index (κ2) is 8.16. The molecule has 162 valence electrons. The normalized spacial score (nSPS) is 14.2. The van der Waals surface area contributed by atoms with Crippen molar-refractivity contribution in [2.24, 2.45) is 7.05 Å². The van der Waals surface area contributed by atoms with Crippen molar-refractivity contribution >= 4 is 22.4 Å². The number of benzene rings is 1. The minimum atomic E-state index is 0.0496. The van der Waals surface area contributed by atoms with Crippen LogP contribution in [0.25, 0.3) is 21.9 Å². The Bertz CT molecular complexity index is 1290. The number of carbonyl (C=O) groups is 1. The minimum Gasteiger partial charge on any atom is -0.353 e. The number of hydrogen-bond donors (Lipinski definition) is 0. The van der Waals surface area contributed by atoms with Crippen molar-refractivity contribution in [2.75, 3.05) is 32.1 Å². The zero-order valence-electron chi connectivity index (χ0n) is 18.6. The van der Waals surface area contributed by atoms with E-state index in [1.165, 1.54) is 0 Å². The summed E-state index contributed by atoms with van der Waals surface area (Å²) in [6.07, 6.45) is 7.67. The Labute approximate surface area is 187 Å². The van der Waals surface area contributed by atoms with Gasteiger partial charge in [-0.2, -0.15) is 5.10 Å². The fourth-order valence-corrected chi connectivity index (χ4v) is 4.03. The Hall–Kier alpha value is -3.58. The highest BCUT2D eigenvalue weighted by Gasteiger charge is 2.29. The first-order valence-corrected chi connectivity index (χ1v) is 10.7. The number of pyridine rings is 2. The van der Waals surface area contributed by atoms with Crippen LogP contribution in [-0.4, -0.2) is 63.7 Å². The molecule has 0 amide bonds. The zero-order valence-corrected chi connectivity index (χ0v) is 18.6.